The standard InChI is InChI=1S/C12H24N2O3/c1-8(2)11(12(16)17)14-10(15)6-5-7-13-9(3)4/h8-9,11,13H,5-7H2,1-4H3,(H,14,15)(H,16,17)/t11-/m1/s1. The molecule has 17 heavy (non-hydrogen) atoms. The summed E-state index contributed by atoms with van der Waals surface area (Å²) in [7, 11) is 0. The average molecular weight is 244 g/mol. The SMILES string of the molecule is CC(C)NCCCC(=O)N[C@@H](C(=O)O)C(C)C. The molecule has 5 nitrogen and oxygen atoms in total. The average Bonchev–Trinajstić information content (AvgIpc) is 2.19. The number of rotatable bonds is 8. The lowest BCUT2D eigenvalue weighted by Crippen LogP contribution is -2.44. The molecular formula is C12H24N2O3. The van der Waals surface area contributed by atoms with Gasteiger partial charge >= 0.3 is 5.97 Å². The molecule has 0 aliphatic rings. The largest absolute Gasteiger partial charge is 0.480 e. The summed E-state index contributed by atoms with van der Waals surface area (Å²) in [6.07, 6.45) is 1.07. The molecule has 1 atom stereocenters. The first-order valence-electron chi connectivity index (χ1n) is 6.10. The second kappa shape index (κ2) is 8.06. The second-order valence-electron chi connectivity index (χ2n) is 4.84. The minimum Gasteiger partial charge on any atom is -0.480 e. The number of carboxylic acids is 1. The van der Waals surface area contributed by atoms with Crippen molar-refractivity contribution in [1.82, 2.24) is 10.6 Å². The van der Waals surface area contributed by atoms with Crippen LogP contribution in [0.25, 0.3) is 0 Å². The summed E-state index contributed by atoms with van der Waals surface area (Å²) in [5.41, 5.74) is 0. The number of aliphatic carboxylic acids is 1. The highest BCUT2D eigenvalue weighted by Crippen LogP contribution is 2.02. The van der Waals surface area contributed by atoms with Gasteiger partial charge in [-0.05, 0) is 18.9 Å². The maximum atomic E-state index is 11.5. The summed E-state index contributed by atoms with van der Waals surface area (Å²) in [5, 5.41) is 14.7. The van der Waals surface area contributed by atoms with E-state index >= 15 is 0 Å². The molecule has 0 aromatic heterocycles. The minimum absolute atomic E-state index is 0.106. The molecule has 100 valence electrons. The summed E-state index contributed by atoms with van der Waals surface area (Å²) in [5.74, 6) is -1.28. The quantitative estimate of drug-likeness (QED) is 0.556. The molecule has 0 aromatic rings. The summed E-state index contributed by atoms with van der Waals surface area (Å²) in [6.45, 7) is 8.40. The van der Waals surface area contributed by atoms with E-state index in [2.05, 4.69) is 10.6 Å². The van der Waals surface area contributed by atoms with E-state index in [1.54, 1.807) is 13.8 Å². The number of hydrogen-bond acceptors (Lipinski definition) is 3. The summed E-state index contributed by atoms with van der Waals surface area (Å²) in [4.78, 5) is 22.4. The first kappa shape index (κ1) is 15.9. The molecule has 0 aromatic carbocycles. The molecule has 0 bridgehead atoms. The monoisotopic (exact) mass is 244 g/mol. The Morgan fingerprint density at radius 2 is 1.76 bits per heavy atom. The van der Waals surface area contributed by atoms with Crippen molar-refractivity contribution < 1.29 is 14.7 Å². The molecule has 0 rings (SSSR count). The van der Waals surface area contributed by atoms with Crippen LogP contribution in [0.4, 0.5) is 0 Å². The van der Waals surface area contributed by atoms with Crippen LogP contribution in [-0.4, -0.2) is 35.6 Å². The van der Waals surface area contributed by atoms with Crippen molar-refractivity contribution in [3.05, 3.63) is 0 Å². The van der Waals surface area contributed by atoms with Crippen LogP contribution in [0.2, 0.25) is 0 Å². The van der Waals surface area contributed by atoms with Crippen LogP contribution in [0.5, 0.6) is 0 Å². The predicted octanol–water partition coefficient (Wildman–Crippen LogP) is 0.990. The fraction of sp³-hybridized carbons (Fsp3) is 0.833. The number of amides is 1. The first-order chi connectivity index (χ1) is 7.84. The van der Waals surface area contributed by atoms with Gasteiger partial charge in [0.1, 0.15) is 6.04 Å². The molecule has 0 saturated heterocycles. The number of carbonyl (C=O) groups excluding carboxylic acids is 1. The maximum Gasteiger partial charge on any atom is 0.326 e. The van der Waals surface area contributed by atoms with Crippen molar-refractivity contribution >= 4 is 11.9 Å². The Bertz CT molecular complexity index is 252. The number of nitrogens with one attached hydrogen (secondary N) is 2. The van der Waals surface area contributed by atoms with E-state index in [4.69, 9.17) is 5.11 Å². The van der Waals surface area contributed by atoms with Gasteiger partial charge in [-0.1, -0.05) is 27.7 Å². The highest BCUT2D eigenvalue weighted by molar-refractivity contribution is 5.83. The van der Waals surface area contributed by atoms with Crippen LogP contribution in [0.3, 0.4) is 0 Å². The Labute approximate surface area is 103 Å². The lowest BCUT2D eigenvalue weighted by Gasteiger charge is -2.17. The van der Waals surface area contributed by atoms with Crippen LogP contribution in [0, 0.1) is 5.92 Å². The lowest BCUT2D eigenvalue weighted by atomic mass is 10.0. The zero-order valence-electron chi connectivity index (χ0n) is 11.1. The van der Waals surface area contributed by atoms with E-state index in [-0.39, 0.29) is 11.8 Å². The topological polar surface area (TPSA) is 78.4 Å². The molecule has 0 heterocycles. The third-order valence-corrected chi connectivity index (χ3v) is 2.38. The molecule has 3 N–H and O–H groups in total. The van der Waals surface area contributed by atoms with E-state index in [1.165, 1.54) is 0 Å². The van der Waals surface area contributed by atoms with Gasteiger partial charge in [-0.3, -0.25) is 4.79 Å². The van der Waals surface area contributed by atoms with Crippen molar-refractivity contribution in [3.8, 4) is 0 Å². The van der Waals surface area contributed by atoms with E-state index in [9.17, 15) is 9.59 Å². The Balaban J connectivity index is 3.87. The predicted molar refractivity (Wildman–Crippen MR) is 66.8 cm³/mol. The van der Waals surface area contributed by atoms with Gasteiger partial charge < -0.3 is 15.7 Å². The van der Waals surface area contributed by atoms with Crippen molar-refractivity contribution in [2.24, 2.45) is 5.92 Å². The molecule has 0 aliphatic carbocycles. The first-order valence-corrected chi connectivity index (χ1v) is 6.10. The van der Waals surface area contributed by atoms with Crippen LogP contribution in [-0.2, 0) is 9.59 Å². The number of carboxylic acid groups (broad SMARTS) is 1. The molecule has 5 heteroatoms. The van der Waals surface area contributed by atoms with Crippen LogP contribution < -0.4 is 10.6 Å². The van der Waals surface area contributed by atoms with Gasteiger partial charge in [0, 0.05) is 12.5 Å². The summed E-state index contributed by atoms with van der Waals surface area (Å²) < 4.78 is 0. The zero-order chi connectivity index (χ0) is 13.4. The molecular weight excluding hydrogens is 220 g/mol. The lowest BCUT2D eigenvalue weighted by molar-refractivity contribution is -0.143. The maximum absolute atomic E-state index is 11.5. The normalized spacial score (nSPS) is 12.8. The highest BCUT2D eigenvalue weighted by atomic mass is 16.4. The third-order valence-electron chi connectivity index (χ3n) is 2.38. The third kappa shape index (κ3) is 7.74. The highest BCUT2D eigenvalue weighted by Gasteiger charge is 2.22. The van der Waals surface area contributed by atoms with Gasteiger partial charge in [0.05, 0.1) is 0 Å². The second-order valence-corrected chi connectivity index (χ2v) is 4.84. The van der Waals surface area contributed by atoms with Crippen LogP contribution in [0.15, 0.2) is 0 Å². The Kier molecular flexibility index (Phi) is 7.54. The van der Waals surface area contributed by atoms with E-state index < -0.39 is 12.0 Å². The number of hydrogen-bond donors (Lipinski definition) is 3. The van der Waals surface area contributed by atoms with Crippen LogP contribution >= 0.6 is 0 Å². The Morgan fingerprint density at radius 1 is 1.18 bits per heavy atom. The van der Waals surface area contributed by atoms with Crippen LogP contribution in [0.1, 0.15) is 40.5 Å². The molecule has 0 spiro atoms. The summed E-state index contributed by atoms with van der Waals surface area (Å²) >= 11 is 0. The van der Waals surface area contributed by atoms with Gasteiger partial charge in [0.2, 0.25) is 5.91 Å². The Hall–Kier alpha value is -1.10. The van der Waals surface area contributed by atoms with Gasteiger partial charge in [-0.15, -0.1) is 0 Å². The molecule has 0 fully saturated rings. The molecule has 0 unspecified atom stereocenters. The van der Waals surface area contributed by atoms with Crippen molar-refractivity contribution in [3.63, 3.8) is 0 Å². The van der Waals surface area contributed by atoms with E-state index in [1.807, 2.05) is 13.8 Å². The molecule has 0 radical (unpaired) electrons. The fourth-order valence-corrected chi connectivity index (χ4v) is 1.40. The molecule has 0 saturated carbocycles. The molecule has 1 amide bonds. The zero-order valence-corrected chi connectivity index (χ0v) is 11.1. The fourth-order valence-electron chi connectivity index (χ4n) is 1.40. The van der Waals surface area contributed by atoms with Crippen molar-refractivity contribution in [1.29, 1.82) is 0 Å². The van der Waals surface area contributed by atoms with E-state index in [0.717, 1.165) is 6.54 Å². The van der Waals surface area contributed by atoms with E-state index in [0.29, 0.717) is 18.9 Å². The summed E-state index contributed by atoms with van der Waals surface area (Å²) in [6, 6.07) is -0.388. The smallest absolute Gasteiger partial charge is 0.326 e. The van der Waals surface area contributed by atoms with Gasteiger partial charge in [-0.2, -0.15) is 0 Å². The van der Waals surface area contributed by atoms with Gasteiger partial charge in [0.25, 0.3) is 0 Å². The van der Waals surface area contributed by atoms with Crippen molar-refractivity contribution in [2.45, 2.75) is 52.6 Å². The van der Waals surface area contributed by atoms with Gasteiger partial charge in [0.15, 0.2) is 0 Å². The molecule has 0 aliphatic heterocycles. The Morgan fingerprint density at radius 3 is 2.18 bits per heavy atom. The van der Waals surface area contributed by atoms with Crippen molar-refractivity contribution in [2.75, 3.05) is 6.54 Å². The number of carbonyl (C=O) groups is 2. The van der Waals surface area contributed by atoms with Gasteiger partial charge in [-0.25, -0.2) is 4.79 Å². The minimum atomic E-state index is -0.978.